The molecule has 0 spiro atoms. The summed E-state index contributed by atoms with van der Waals surface area (Å²) < 4.78 is 0. The molecule has 1 atom stereocenters. The van der Waals surface area contributed by atoms with Gasteiger partial charge in [-0.1, -0.05) is 43.2 Å². The molecule has 1 rings (SSSR count). The minimum absolute atomic E-state index is 0.173. The highest BCUT2D eigenvalue weighted by Gasteiger charge is 2.13. The molecular formula is C15H24N2O. The SMILES string of the molecule is NCCCCCCC(=O)[C@@H](N)Cc1ccccc1. The van der Waals surface area contributed by atoms with Crippen molar-refractivity contribution >= 4 is 5.78 Å². The van der Waals surface area contributed by atoms with Crippen LogP contribution in [0.25, 0.3) is 0 Å². The summed E-state index contributed by atoms with van der Waals surface area (Å²) in [5.41, 5.74) is 12.5. The minimum atomic E-state index is -0.359. The van der Waals surface area contributed by atoms with Crippen molar-refractivity contribution in [2.45, 2.75) is 44.6 Å². The van der Waals surface area contributed by atoms with Gasteiger partial charge in [0, 0.05) is 6.42 Å². The van der Waals surface area contributed by atoms with Crippen molar-refractivity contribution in [3.63, 3.8) is 0 Å². The van der Waals surface area contributed by atoms with Crippen molar-refractivity contribution in [3.8, 4) is 0 Å². The first-order chi connectivity index (χ1) is 8.74. The zero-order valence-corrected chi connectivity index (χ0v) is 11.0. The van der Waals surface area contributed by atoms with Gasteiger partial charge in [0.1, 0.15) is 5.78 Å². The van der Waals surface area contributed by atoms with Gasteiger partial charge in [0.2, 0.25) is 0 Å². The third-order valence-corrected chi connectivity index (χ3v) is 3.09. The fourth-order valence-electron chi connectivity index (χ4n) is 1.96. The molecule has 0 aliphatic heterocycles. The standard InChI is InChI=1S/C15H24N2O/c16-11-7-2-1-6-10-15(18)14(17)12-13-8-4-3-5-9-13/h3-5,8-9,14H,1-2,6-7,10-12,16-17H2/t14-/m0/s1. The van der Waals surface area contributed by atoms with Crippen LogP contribution in [0, 0.1) is 0 Å². The zero-order valence-electron chi connectivity index (χ0n) is 11.0. The van der Waals surface area contributed by atoms with Gasteiger partial charge in [0.05, 0.1) is 6.04 Å². The van der Waals surface area contributed by atoms with Gasteiger partial charge in [-0.3, -0.25) is 4.79 Å². The molecule has 18 heavy (non-hydrogen) atoms. The van der Waals surface area contributed by atoms with E-state index in [9.17, 15) is 4.79 Å². The van der Waals surface area contributed by atoms with Gasteiger partial charge in [0.15, 0.2) is 0 Å². The lowest BCUT2D eigenvalue weighted by molar-refractivity contribution is -0.120. The Morgan fingerprint density at radius 3 is 2.39 bits per heavy atom. The number of carbonyl (C=O) groups is 1. The fourth-order valence-corrected chi connectivity index (χ4v) is 1.96. The predicted octanol–water partition coefficient (Wildman–Crippen LogP) is 2.03. The second kappa shape index (κ2) is 8.84. The summed E-state index contributed by atoms with van der Waals surface area (Å²) in [6.07, 6.45) is 5.39. The number of carbonyl (C=O) groups excluding carboxylic acids is 1. The van der Waals surface area contributed by atoms with E-state index in [4.69, 9.17) is 11.5 Å². The average molecular weight is 248 g/mol. The number of nitrogens with two attached hydrogens (primary N) is 2. The average Bonchev–Trinajstić information content (AvgIpc) is 2.39. The van der Waals surface area contributed by atoms with E-state index < -0.39 is 0 Å². The summed E-state index contributed by atoms with van der Waals surface area (Å²) in [5, 5.41) is 0. The zero-order chi connectivity index (χ0) is 13.2. The molecule has 0 aliphatic rings. The van der Waals surface area contributed by atoms with Crippen molar-refractivity contribution < 1.29 is 4.79 Å². The molecule has 0 bridgehead atoms. The first-order valence-corrected chi connectivity index (χ1v) is 6.76. The molecule has 0 saturated heterocycles. The number of hydrogen-bond acceptors (Lipinski definition) is 3. The van der Waals surface area contributed by atoms with Crippen LogP contribution in [0.4, 0.5) is 0 Å². The van der Waals surface area contributed by atoms with Gasteiger partial charge in [-0.2, -0.15) is 0 Å². The van der Waals surface area contributed by atoms with Gasteiger partial charge in [0.25, 0.3) is 0 Å². The number of unbranched alkanes of at least 4 members (excludes halogenated alkanes) is 3. The topological polar surface area (TPSA) is 69.1 Å². The molecule has 0 heterocycles. The van der Waals surface area contributed by atoms with Crippen LogP contribution in [0.15, 0.2) is 30.3 Å². The Morgan fingerprint density at radius 2 is 1.72 bits per heavy atom. The molecule has 0 saturated carbocycles. The summed E-state index contributed by atoms with van der Waals surface area (Å²) in [7, 11) is 0. The van der Waals surface area contributed by atoms with E-state index in [1.807, 2.05) is 30.3 Å². The molecule has 4 N–H and O–H groups in total. The maximum atomic E-state index is 11.8. The van der Waals surface area contributed by atoms with Crippen LogP contribution >= 0.6 is 0 Å². The molecule has 0 aromatic heterocycles. The Bertz CT molecular complexity index is 338. The number of ketones is 1. The van der Waals surface area contributed by atoms with E-state index >= 15 is 0 Å². The van der Waals surface area contributed by atoms with Crippen LogP contribution in [-0.4, -0.2) is 18.4 Å². The number of benzene rings is 1. The summed E-state index contributed by atoms with van der Waals surface area (Å²) in [5.74, 6) is 0.173. The van der Waals surface area contributed by atoms with Crippen molar-refractivity contribution in [1.29, 1.82) is 0 Å². The summed E-state index contributed by atoms with van der Waals surface area (Å²) >= 11 is 0. The highest BCUT2D eigenvalue weighted by Crippen LogP contribution is 2.07. The third-order valence-electron chi connectivity index (χ3n) is 3.09. The minimum Gasteiger partial charge on any atom is -0.330 e. The number of hydrogen-bond donors (Lipinski definition) is 2. The molecule has 0 aliphatic carbocycles. The highest BCUT2D eigenvalue weighted by atomic mass is 16.1. The van der Waals surface area contributed by atoms with E-state index in [1.54, 1.807) is 0 Å². The van der Waals surface area contributed by atoms with E-state index in [0.29, 0.717) is 12.8 Å². The lowest BCUT2D eigenvalue weighted by Crippen LogP contribution is -2.32. The van der Waals surface area contributed by atoms with E-state index in [1.165, 1.54) is 0 Å². The number of Topliss-reactive ketones (excluding diaryl/α,β-unsaturated/α-hetero) is 1. The Kier molecular flexibility index (Phi) is 7.30. The van der Waals surface area contributed by atoms with Gasteiger partial charge in [-0.15, -0.1) is 0 Å². The van der Waals surface area contributed by atoms with Crippen LogP contribution in [-0.2, 0) is 11.2 Å². The van der Waals surface area contributed by atoms with E-state index in [2.05, 4.69) is 0 Å². The molecule has 0 unspecified atom stereocenters. The largest absolute Gasteiger partial charge is 0.330 e. The quantitative estimate of drug-likeness (QED) is 0.657. The number of rotatable bonds is 9. The van der Waals surface area contributed by atoms with Crippen molar-refractivity contribution in [2.75, 3.05) is 6.54 Å². The Balaban J connectivity index is 2.21. The first kappa shape index (κ1) is 14.9. The smallest absolute Gasteiger partial charge is 0.149 e. The van der Waals surface area contributed by atoms with Crippen LogP contribution in [0.3, 0.4) is 0 Å². The summed E-state index contributed by atoms with van der Waals surface area (Å²) in [4.78, 5) is 11.8. The van der Waals surface area contributed by atoms with Crippen LogP contribution in [0.1, 0.15) is 37.7 Å². The van der Waals surface area contributed by atoms with E-state index in [0.717, 1.165) is 37.8 Å². The fraction of sp³-hybridized carbons (Fsp3) is 0.533. The van der Waals surface area contributed by atoms with Gasteiger partial charge < -0.3 is 11.5 Å². The van der Waals surface area contributed by atoms with Crippen molar-refractivity contribution in [1.82, 2.24) is 0 Å². The van der Waals surface area contributed by atoms with Gasteiger partial charge >= 0.3 is 0 Å². The maximum absolute atomic E-state index is 11.8. The highest BCUT2D eigenvalue weighted by molar-refractivity contribution is 5.84. The third kappa shape index (κ3) is 5.94. The molecule has 3 nitrogen and oxygen atoms in total. The molecule has 1 aromatic rings. The lowest BCUT2D eigenvalue weighted by atomic mass is 9.99. The Labute approximate surface area is 110 Å². The Morgan fingerprint density at radius 1 is 1.06 bits per heavy atom. The normalized spacial score (nSPS) is 12.3. The van der Waals surface area contributed by atoms with Gasteiger partial charge in [-0.25, -0.2) is 0 Å². The van der Waals surface area contributed by atoms with Crippen molar-refractivity contribution in [3.05, 3.63) is 35.9 Å². The van der Waals surface area contributed by atoms with E-state index in [-0.39, 0.29) is 11.8 Å². The summed E-state index contributed by atoms with van der Waals surface area (Å²) in [6.45, 7) is 0.738. The van der Waals surface area contributed by atoms with Gasteiger partial charge in [-0.05, 0) is 31.4 Å². The van der Waals surface area contributed by atoms with Crippen molar-refractivity contribution in [2.24, 2.45) is 11.5 Å². The molecule has 0 radical (unpaired) electrons. The second-order valence-corrected chi connectivity index (χ2v) is 4.72. The lowest BCUT2D eigenvalue weighted by Gasteiger charge is -2.10. The molecule has 3 heteroatoms. The first-order valence-electron chi connectivity index (χ1n) is 6.76. The predicted molar refractivity (Wildman–Crippen MR) is 75.3 cm³/mol. The molecule has 1 aromatic carbocycles. The maximum Gasteiger partial charge on any atom is 0.149 e. The monoisotopic (exact) mass is 248 g/mol. The summed E-state index contributed by atoms with van der Waals surface area (Å²) in [6, 6.07) is 9.57. The van der Waals surface area contributed by atoms with Crippen LogP contribution in [0.5, 0.6) is 0 Å². The molecular weight excluding hydrogens is 224 g/mol. The molecule has 100 valence electrons. The molecule has 0 amide bonds. The van der Waals surface area contributed by atoms with Crippen LogP contribution < -0.4 is 11.5 Å². The second-order valence-electron chi connectivity index (χ2n) is 4.72. The molecule has 0 fully saturated rings. The Hall–Kier alpha value is -1.19. The van der Waals surface area contributed by atoms with Crippen LogP contribution in [0.2, 0.25) is 0 Å².